The highest BCUT2D eigenvalue weighted by atomic mass is 32.2. The summed E-state index contributed by atoms with van der Waals surface area (Å²) in [5, 5.41) is 6.11. The molecular weight excluding hydrogens is 527 g/mol. The molecule has 1 aromatic rings. The van der Waals surface area contributed by atoms with Gasteiger partial charge in [0.2, 0.25) is 0 Å². The number of ether oxygens (including phenoxy) is 1. The fraction of sp³-hybridized carbons (Fsp3) is 0.609. The quantitative estimate of drug-likeness (QED) is 0.129. The second-order valence-electron chi connectivity index (χ2n) is 10.00. The highest BCUT2D eigenvalue weighted by molar-refractivity contribution is 7.87. The average molecular weight is 551 g/mol. The number of oxime groups is 1. The van der Waals surface area contributed by atoms with Gasteiger partial charge in [0, 0.05) is 5.56 Å². The lowest BCUT2D eigenvalue weighted by Crippen LogP contribution is -2.56. The summed E-state index contributed by atoms with van der Waals surface area (Å²) in [6, 6.07) is 5.04. The highest BCUT2D eigenvalue weighted by Crippen LogP contribution is 2.60. The highest BCUT2D eigenvalue weighted by Gasteiger charge is 2.69. The second-order valence-corrected chi connectivity index (χ2v) is 11.6. The van der Waals surface area contributed by atoms with E-state index in [1.54, 1.807) is 0 Å². The molecule has 4 aliphatic rings. The first-order valence-corrected chi connectivity index (χ1v) is 12.9. The Morgan fingerprint density at radius 3 is 2.03 bits per heavy atom. The number of alkyl halides is 5. The van der Waals surface area contributed by atoms with Crippen molar-refractivity contribution in [3.63, 3.8) is 0 Å². The van der Waals surface area contributed by atoms with E-state index in [-0.39, 0.29) is 49.2 Å². The van der Waals surface area contributed by atoms with Gasteiger partial charge in [-0.2, -0.15) is 34.7 Å². The van der Waals surface area contributed by atoms with Crippen molar-refractivity contribution in [2.45, 2.75) is 62.7 Å². The Balaban J connectivity index is 1.57. The van der Waals surface area contributed by atoms with Gasteiger partial charge in [0.15, 0.2) is 0 Å². The van der Waals surface area contributed by atoms with Crippen LogP contribution in [0, 0.1) is 29.7 Å². The van der Waals surface area contributed by atoms with E-state index in [2.05, 4.69) is 19.0 Å². The molecular formula is C23H23F5N2O6S. The molecule has 202 valence electrons. The van der Waals surface area contributed by atoms with Crippen molar-refractivity contribution in [2.75, 3.05) is 0 Å². The van der Waals surface area contributed by atoms with Crippen LogP contribution in [0.1, 0.15) is 49.7 Å². The number of hydrogen-bond donors (Lipinski definition) is 1. The molecule has 0 heterocycles. The summed E-state index contributed by atoms with van der Waals surface area (Å²) in [5.41, 5.74) is -1.05. The lowest BCUT2D eigenvalue weighted by molar-refractivity contribution is -0.266. The third-order valence-corrected chi connectivity index (χ3v) is 8.51. The van der Waals surface area contributed by atoms with Crippen molar-refractivity contribution in [1.29, 1.82) is 0 Å². The van der Waals surface area contributed by atoms with Crippen molar-refractivity contribution in [3.8, 4) is 0 Å². The van der Waals surface area contributed by atoms with E-state index >= 15 is 0 Å². The number of aliphatic hydroxyl groups excluding tert-OH is 1. The van der Waals surface area contributed by atoms with Crippen molar-refractivity contribution in [3.05, 3.63) is 46.8 Å². The van der Waals surface area contributed by atoms with Crippen LogP contribution in [0.2, 0.25) is 0 Å². The molecule has 0 saturated heterocycles. The van der Waals surface area contributed by atoms with Crippen LogP contribution in [0.4, 0.5) is 22.0 Å². The minimum atomic E-state index is -6.47. The van der Waals surface area contributed by atoms with Gasteiger partial charge in [0.05, 0.1) is 17.2 Å². The fourth-order valence-corrected chi connectivity index (χ4v) is 6.79. The molecule has 4 bridgehead atoms. The van der Waals surface area contributed by atoms with Gasteiger partial charge in [-0.3, -0.25) is 4.79 Å². The number of carbonyl (C=O) groups excluding carboxylic acids is 1. The molecule has 5 rings (SSSR count). The van der Waals surface area contributed by atoms with Crippen LogP contribution >= 0.6 is 0 Å². The standard InChI is InChI=1S/C23H23F5N2O6S/c1-29-18(17-4-2-13(12-31)3-5-17)30-36-37(33,34)23(27,28)19(22(24,25)26)35-20(32)21-9-14-6-15(10-21)8-16(7-14)11-21/h2-5,14-16,19,31H,6-12H2/b30-18+. The van der Waals surface area contributed by atoms with Crippen LogP contribution in [0.25, 0.3) is 4.85 Å². The molecule has 1 unspecified atom stereocenters. The minimum Gasteiger partial charge on any atom is -0.444 e. The summed E-state index contributed by atoms with van der Waals surface area (Å²) in [7, 11) is -6.47. The number of esters is 1. The molecule has 14 heteroatoms. The lowest BCUT2D eigenvalue weighted by atomic mass is 9.49. The number of nitrogens with zero attached hydrogens (tertiary/aromatic N) is 2. The third kappa shape index (κ3) is 5.16. The maximum absolute atomic E-state index is 14.9. The minimum absolute atomic E-state index is 0.0866. The molecule has 0 spiro atoms. The SMILES string of the molecule is [C-]#[N+]/C(=N/OS(=O)(=O)C(F)(F)C(OC(=O)C12CC3CC(CC(C3)C1)C2)C(F)(F)F)c1ccc(CO)cc1. The maximum atomic E-state index is 14.9. The molecule has 1 atom stereocenters. The molecule has 4 saturated carbocycles. The summed E-state index contributed by atoms with van der Waals surface area (Å²) in [6.45, 7) is 6.71. The van der Waals surface area contributed by atoms with Crippen molar-refractivity contribution >= 4 is 21.9 Å². The van der Waals surface area contributed by atoms with Gasteiger partial charge in [-0.25, -0.2) is 0 Å². The summed E-state index contributed by atoms with van der Waals surface area (Å²) in [4.78, 5) is 15.7. The molecule has 1 aromatic carbocycles. The molecule has 4 fully saturated rings. The first-order chi connectivity index (χ1) is 17.2. The smallest absolute Gasteiger partial charge is 0.432 e. The van der Waals surface area contributed by atoms with Gasteiger partial charge in [0.25, 0.3) is 6.10 Å². The molecule has 0 aromatic heterocycles. The fourth-order valence-electron chi connectivity index (χ4n) is 6.08. The first-order valence-electron chi connectivity index (χ1n) is 11.4. The van der Waals surface area contributed by atoms with Gasteiger partial charge >= 0.3 is 33.4 Å². The van der Waals surface area contributed by atoms with Crippen LogP contribution in [0.5, 0.6) is 0 Å². The zero-order chi connectivity index (χ0) is 27.2. The second kappa shape index (κ2) is 9.50. The van der Waals surface area contributed by atoms with E-state index in [4.69, 9.17) is 11.7 Å². The summed E-state index contributed by atoms with van der Waals surface area (Å²) >= 11 is 0. The molecule has 0 aliphatic heterocycles. The van der Waals surface area contributed by atoms with Crippen LogP contribution < -0.4 is 0 Å². The van der Waals surface area contributed by atoms with Gasteiger partial charge in [-0.1, -0.05) is 30.8 Å². The largest absolute Gasteiger partial charge is 0.444 e. The number of hydrogen-bond acceptors (Lipinski definition) is 7. The number of carbonyl (C=O) groups is 1. The van der Waals surface area contributed by atoms with Crippen LogP contribution in [-0.4, -0.2) is 42.9 Å². The Morgan fingerprint density at radius 1 is 1.08 bits per heavy atom. The monoisotopic (exact) mass is 550 g/mol. The zero-order valence-electron chi connectivity index (χ0n) is 19.2. The van der Waals surface area contributed by atoms with Gasteiger partial charge in [0.1, 0.15) is 0 Å². The van der Waals surface area contributed by atoms with Crippen LogP contribution in [-0.2, 0) is 30.5 Å². The molecule has 0 radical (unpaired) electrons. The number of amidine groups is 1. The first kappa shape index (κ1) is 27.3. The average Bonchev–Trinajstić information content (AvgIpc) is 2.81. The number of benzene rings is 1. The Bertz CT molecular complexity index is 1190. The van der Waals surface area contributed by atoms with E-state index in [0.717, 1.165) is 19.3 Å². The Morgan fingerprint density at radius 2 is 1.59 bits per heavy atom. The normalized spacial score (nSPS) is 28.5. The number of rotatable bonds is 8. The van der Waals surface area contributed by atoms with E-state index in [1.165, 1.54) is 24.3 Å². The summed E-state index contributed by atoms with van der Waals surface area (Å²) in [5.74, 6) is -2.08. The molecule has 37 heavy (non-hydrogen) atoms. The number of halogens is 5. The van der Waals surface area contributed by atoms with Gasteiger partial charge < -0.3 is 14.7 Å². The Hall–Kier alpha value is -2.79. The summed E-state index contributed by atoms with van der Waals surface area (Å²) in [6.07, 6.45) is -7.20. The van der Waals surface area contributed by atoms with Crippen molar-refractivity contribution in [2.24, 2.45) is 28.3 Å². The molecule has 4 aliphatic carbocycles. The molecule has 8 nitrogen and oxygen atoms in total. The van der Waals surface area contributed by atoms with Gasteiger partial charge in [-0.15, -0.1) is 0 Å². The Kier molecular flexibility index (Phi) is 7.00. The number of aliphatic hydroxyl groups is 1. The lowest BCUT2D eigenvalue weighted by Gasteiger charge is -2.55. The van der Waals surface area contributed by atoms with E-state index in [9.17, 15) is 35.2 Å². The zero-order valence-corrected chi connectivity index (χ0v) is 20.1. The van der Waals surface area contributed by atoms with Gasteiger partial charge in [-0.05, 0) is 61.8 Å². The topological polar surface area (TPSA) is 107 Å². The van der Waals surface area contributed by atoms with E-state index in [1.807, 2.05) is 0 Å². The van der Waals surface area contributed by atoms with Crippen molar-refractivity contribution < 1.29 is 49.3 Å². The van der Waals surface area contributed by atoms with E-state index < -0.39 is 44.9 Å². The Labute approximate surface area is 209 Å². The predicted molar refractivity (Wildman–Crippen MR) is 117 cm³/mol. The molecule has 0 amide bonds. The third-order valence-electron chi connectivity index (χ3n) is 7.35. The maximum Gasteiger partial charge on any atom is 0.432 e. The molecule has 1 N–H and O–H groups in total. The predicted octanol–water partition coefficient (Wildman–Crippen LogP) is 4.39. The van der Waals surface area contributed by atoms with Crippen LogP contribution in [0.3, 0.4) is 0 Å². The van der Waals surface area contributed by atoms with Crippen LogP contribution in [0.15, 0.2) is 29.4 Å². The summed E-state index contributed by atoms with van der Waals surface area (Å²) < 4.78 is 103. The van der Waals surface area contributed by atoms with Crippen molar-refractivity contribution in [1.82, 2.24) is 0 Å². The van der Waals surface area contributed by atoms with E-state index in [0.29, 0.717) is 5.56 Å².